The molecule has 3 aromatic carbocycles. The van der Waals surface area contributed by atoms with E-state index in [1.807, 2.05) is 13.8 Å². The summed E-state index contributed by atoms with van der Waals surface area (Å²) in [5, 5.41) is 12.4. The van der Waals surface area contributed by atoms with E-state index >= 15 is 0 Å². The van der Waals surface area contributed by atoms with Crippen molar-refractivity contribution in [1.29, 1.82) is 0 Å². The Hall–Kier alpha value is -3.36. The first-order chi connectivity index (χ1) is 18.3. The fraction of sp³-hybridized carbons (Fsp3) is 0.241. The third-order valence-corrected chi connectivity index (χ3v) is 6.43. The molecule has 1 heterocycles. The van der Waals surface area contributed by atoms with E-state index in [1.54, 1.807) is 72.8 Å². The fourth-order valence-electron chi connectivity index (χ4n) is 4.29. The third-order valence-electron chi connectivity index (χ3n) is 5.94. The molecule has 9 heteroatoms. The van der Waals surface area contributed by atoms with Gasteiger partial charge < -0.3 is 19.3 Å². The van der Waals surface area contributed by atoms with Crippen LogP contribution in [0, 0.1) is 0 Å². The second-order valence-corrected chi connectivity index (χ2v) is 9.22. The van der Waals surface area contributed by atoms with Gasteiger partial charge in [0.05, 0.1) is 17.2 Å². The van der Waals surface area contributed by atoms with E-state index in [0.29, 0.717) is 40.3 Å². The van der Waals surface area contributed by atoms with Crippen molar-refractivity contribution in [3.63, 3.8) is 0 Å². The van der Waals surface area contributed by atoms with Crippen LogP contribution in [-0.2, 0) is 19.1 Å². The molecule has 1 amide bonds. The van der Waals surface area contributed by atoms with Gasteiger partial charge >= 0.3 is 0 Å². The average molecular weight is 556 g/mol. The number of carbonyl (C=O) groups excluding carboxylic acids is 2. The van der Waals surface area contributed by atoms with Gasteiger partial charge in [-0.15, -0.1) is 0 Å². The number of hydrogen-bond donors (Lipinski definition) is 1. The van der Waals surface area contributed by atoms with Crippen LogP contribution in [0.3, 0.4) is 0 Å². The number of ether oxygens (including phenoxy) is 3. The van der Waals surface area contributed by atoms with Gasteiger partial charge in [0.1, 0.15) is 18.1 Å². The van der Waals surface area contributed by atoms with E-state index < -0.39 is 24.0 Å². The molecule has 1 fully saturated rings. The maximum absolute atomic E-state index is 13.4. The Morgan fingerprint density at radius 3 is 2.26 bits per heavy atom. The van der Waals surface area contributed by atoms with Crippen molar-refractivity contribution in [2.75, 3.05) is 24.7 Å². The summed E-state index contributed by atoms with van der Waals surface area (Å²) in [6.07, 6.45) is -0.609. The first-order valence-electron chi connectivity index (χ1n) is 12.1. The Labute approximate surface area is 231 Å². The predicted octanol–water partition coefficient (Wildman–Crippen LogP) is 6.40. The Balaban J connectivity index is 1.82. The minimum absolute atomic E-state index is 0.0590. The molecule has 198 valence electrons. The zero-order valence-corrected chi connectivity index (χ0v) is 22.4. The number of aliphatic hydroxyl groups excluding tert-OH is 1. The second kappa shape index (κ2) is 12.5. The summed E-state index contributed by atoms with van der Waals surface area (Å²) in [6, 6.07) is 19.2. The van der Waals surface area contributed by atoms with Gasteiger partial charge in [-0.25, -0.2) is 0 Å². The Bertz CT molecular complexity index is 1330. The minimum Gasteiger partial charge on any atom is -0.507 e. The van der Waals surface area contributed by atoms with Gasteiger partial charge in [-0.05, 0) is 61.9 Å². The predicted molar refractivity (Wildman–Crippen MR) is 147 cm³/mol. The number of halogens is 2. The van der Waals surface area contributed by atoms with Crippen LogP contribution in [0.25, 0.3) is 5.76 Å². The summed E-state index contributed by atoms with van der Waals surface area (Å²) < 4.78 is 17.0. The highest BCUT2D eigenvalue weighted by Gasteiger charge is 2.47. The zero-order valence-electron chi connectivity index (χ0n) is 20.9. The summed E-state index contributed by atoms with van der Waals surface area (Å²) in [7, 11) is 0. The maximum Gasteiger partial charge on any atom is 0.300 e. The summed E-state index contributed by atoms with van der Waals surface area (Å²) in [6.45, 7) is 4.62. The van der Waals surface area contributed by atoms with Crippen molar-refractivity contribution in [2.24, 2.45) is 0 Å². The SMILES string of the molecule is CCOC(COc1ccccc1C(O)=C1C(=O)C(=O)N(c2cccc(Cl)c2)C1c1ccc(Cl)cc1)OCC. The molecule has 1 aliphatic rings. The van der Waals surface area contributed by atoms with Gasteiger partial charge in [0.2, 0.25) is 0 Å². The van der Waals surface area contributed by atoms with E-state index in [0.717, 1.165) is 0 Å². The number of rotatable bonds is 10. The van der Waals surface area contributed by atoms with Crippen molar-refractivity contribution >= 4 is 46.3 Å². The lowest BCUT2D eigenvalue weighted by Gasteiger charge is -2.26. The van der Waals surface area contributed by atoms with Gasteiger partial charge in [0.15, 0.2) is 6.29 Å². The van der Waals surface area contributed by atoms with Crippen molar-refractivity contribution in [1.82, 2.24) is 0 Å². The van der Waals surface area contributed by atoms with Gasteiger partial charge in [-0.1, -0.05) is 53.5 Å². The van der Waals surface area contributed by atoms with Crippen LogP contribution in [0.4, 0.5) is 5.69 Å². The quantitative estimate of drug-likeness (QED) is 0.135. The van der Waals surface area contributed by atoms with Crippen molar-refractivity contribution < 1.29 is 28.9 Å². The molecule has 0 radical (unpaired) electrons. The number of aliphatic hydroxyl groups is 1. The molecule has 1 saturated heterocycles. The van der Waals surface area contributed by atoms with Gasteiger partial charge in [0.25, 0.3) is 11.7 Å². The highest BCUT2D eigenvalue weighted by atomic mass is 35.5. The molecule has 38 heavy (non-hydrogen) atoms. The largest absolute Gasteiger partial charge is 0.507 e. The highest BCUT2D eigenvalue weighted by Crippen LogP contribution is 2.43. The average Bonchev–Trinajstić information content (AvgIpc) is 3.18. The summed E-state index contributed by atoms with van der Waals surface area (Å²) in [5.74, 6) is -1.69. The van der Waals surface area contributed by atoms with Crippen molar-refractivity contribution in [3.8, 4) is 5.75 Å². The molecular weight excluding hydrogens is 529 g/mol. The van der Waals surface area contributed by atoms with Crippen LogP contribution in [0.5, 0.6) is 5.75 Å². The zero-order chi connectivity index (χ0) is 27.2. The Kier molecular flexibility index (Phi) is 9.07. The number of benzene rings is 3. The van der Waals surface area contributed by atoms with Gasteiger partial charge in [0, 0.05) is 28.9 Å². The maximum atomic E-state index is 13.4. The van der Waals surface area contributed by atoms with Gasteiger partial charge in [-0.2, -0.15) is 0 Å². The first-order valence-corrected chi connectivity index (χ1v) is 12.9. The lowest BCUT2D eigenvalue weighted by molar-refractivity contribution is -0.152. The van der Waals surface area contributed by atoms with Crippen LogP contribution in [0.15, 0.2) is 78.4 Å². The number of ketones is 1. The topological polar surface area (TPSA) is 85.3 Å². The van der Waals surface area contributed by atoms with E-state index in [4.69, 9.17) is 37.4 Å². The molecule has 0 bridgehead atoms. The molecule has 7 nitrogen and oxygen atoms in total. The van der Waals surface area contributed by atoms with E-state index in [2.05, 4.69) is 0 Å². The smallest absolute Gasteiger partial charge is 0.300 e. The number of anilines is 1. The number of Topliss-reactive ketones (excluding diaryl/α,β-unsaturated/α-hetero) is 1. The normalized spacial score (nSPS) is 16.9. The lowest BCUT2D eigenvalue weighted by atomic mass is 9.95. The molecule has 0 saturated carbocycles. The van der Waals surface area contributed by atoms with Crippen LogP contribution in [0.1, 0.15) is 31.0 Å². The summed E-state index contributed by atoms with van der Waals surface area (Å²) in [4.78, 5) is 28.1. The standard InChI is InChI=1S/C29H27Cl2NO6/c1-3-36-24(37-4-2)17-38-23-11-6-5-10-22(23)27(33)25-26(18-12-14-19(30)15-13-18)32(29(35)28(25)34)21-9-7-8-20(31)16-21/h5-16,24,26,33H,3-4,17H2,1-2H3. The second-order valence-electron chi connectivity index (χ2n) is 8.35. The van der Waals surface area contributed by atoms with E-state index in [1.165, 1.54) is 4.90 Å². The Morgan fingerprint density at radius 1 is 0.921 bits per heavy atom. The van der Waals surface area contributed by atoms with Gasteiger partial charge in [-0.3, -0.25) is 14.5 Å². The number of hydrogen-bond acceptors (Lipinski definition) is 6. The molecular formula is C29H27Cl2NO6. The molecule has 0 spiro atoms. The Morgan fingerprint density at radius 2 is 1.61 bits per heavy atom. The fourth-order valence-corrected chi connectivity index (χ4v) is 4.60. The van der Waals surface area contributed by atoms with Crippen LogP contribution in [-0.4, -0.2) is 42.9 Å². The van der Waals surface area contributed by atoms with Crippen LogP contribution in [0.2, 0.25) is 10.0 Å². The van der Waals surface area contributed by atoms with Crippen LogP contribution < -0.4 is 9.64 Å². The number of carbonyl (C=O) groups is 2. The van der Waals surface area contributed by atoms with E-state index in [-0.39, 0.29) is 23.5 Å². The molecule has 0 aromatic heterocycles. The van der Waals surface area contributed by atoms with Crippen LogP contribution >= 0.6 is 23.2 Å². The molecule has 4 rings (SSSR count). The minimum atomic E-state index is -0.932. The number of amides is 1. The monoisotopic (exact) mass is 555 g/mol. The highest BCUT2D eigenvalue weighted by molar-refractivity contribution is 6.52. The lowest BCUT2D eigenvalue weighted by Crippen LogP contribution is -2.29. The molecule has 3 aromatic rings. The van der Waals surface area contributed by atoms with Crippen molar-refractivity contribution in [3.05, 3.63) is 99.5 Å². The molecule has 1 atom stereocenters. The molecule has 1 N–H and O–H groups in total. The first kappa shape index (κ1) is 27.7. The third kappa shape index (κ3) is 5.87. The van der Waals surface area contributed by atoms with E-state index in [9.17, 15) is 14.7 Å². The molecule has 1 aliphatic heterocycles. The summed E-state index contributed by atoms with van der Waals surface area (Å²) in [5.41, 5.74) is 1.17. The molecule has 0 aliphatic carbocycles. The van der Waals surface area contributed by atoms with Crippen molar-refractivity contribution in [2.45, 2.75) is 26.2 Å². The summed E-state index contributed by atoms with van der Waals surface area (Å²) >= 11 is 12.3. The number of nitrogens with zero attached hydrogens (tertiary/aromatic N) is 1. The number of para-hydroxylation sites is 1. The molecule has 1 unspecified atom stereocenters.